The van der Waals surface area contributed by atoms with Crippen LogP contribution in [-0.2, 0) is 17.8 Å². The summed E-state index contributed by atoms with van der Waals surface area (Å²) >= 11 is 0. The minimum atomic E-state index is -0.832. The van der Waals surface area contributed by atoms with Crippen LogP contribution in [0.5, 0.6) is 5.75 Å². The molecule has 0 aromatic heterocycles. The average molecular weight is 513 g/mol. The monoisotopic (exact) mass is 512 g/mol. The number of ether oxygens (including phenoxy) is 1. The van der Waals surface area contributed by atoms with Crippen LogP contribution in [0.1, 0.15) is 80.7 Å². The summed E-state index contributed by atoms with van der Waals surface area (Å²) in [6.45, 7) is 10.5. The quantitative estimate of drug-likeness (QED) is 0.344. The molecule has 5 rings (SSSR count). The van der Waals surface area contributed by atoms with E-state index in [-0.39, 0.29) is 17.2 Å². The summed E-state index contributed by atoms with van der Waals surface area (Å²) in [7, 11) is 0. The van der Waals surface area contributed by atoms with Crippen molar-refractivity contribution in [3.8, 4) is 16.9 Å². The van der Waals surface area contributed by atoms with Crippen LogP contribution in [0, 0.1) is 23.6 Å². The molecule has 0 aliphatic heterocycles. The van der Waals surface area contributed by atoms with E-state index in [9.17, 15) is 14.3 Å². The lowest BCUT2D eigenvalue weighted by Crippen LogP contribution is -2.30. The molecule has 0 amide bonds. The van der Waals surface area contributed by atoms with E-state index < -0.39 is 11.4 Å². The van der Waals surface area contributed by atoms with Crippen molar-refractivity contribution in [1.29, 1.82) is 0 Å². The van der Waals surface area contributed by atoms with Gasteiger partial charge in [0, 0.05) is 11.5 Å². The maximum absolute atomic E-state index is 15.0. The van der Waals surface area contributed by atoms with Gasteiger partial charge in [-0.05, 0) is 116 Å². The summed E-state index contributed by atoms with van der Waals surface area (Å²) in [5, 5.41) is 9.78. The maximum atomic E-state index is 15.0. The molecule has 4 heteroatoms. The Morgan fingerprint density at radius 2 is 1.84 bits per heavy atom. The molecule has 0 unspecified atom stereocenters. The summed E-state index contributed by atoms with van der Waals surface area (Å²) in [5.41, 5.74) is 7.37. The molecule has 3 aromatic rings. The Morgan fingerprint density at radius 3 is 2.55 bits per heavy atom. The molecular weight excluding hydrogens is 475 g/mol. The number of aliphatic carboxylic acids is 1. The number of hydrogen-bond donors (Lipinski definition) is 1. The second kappa shape index (κ2) is 9.72. The first-order valence-corrected chi connectivity index (χ1v) is 13.6. The van der Waals surface area contributed by atoms with Crippen LogP contribution in [0.2, 0.25) is 0 Å². The van der Waals surface area contributed by atoms with Crippen LogP contribution in [-0.4, -0.2) is 11.1 Å². The van der Waals surface area contributed by atoms with Crippen LogP contribution in [0.3, 0.4) is 0 Å². The van der Waals surface area contributed by atoms with E-state index in [1.165, 1.54) is 11.1 Å². The Bertz CT molecular complexity index is 1430. The zero-order valence-corrected chi connectivity index (χ0v) is 23.0. The predicted octanol–water partition coefficient (Wildman–Crippen LogP) is 8.72. The van der Waals surface area contributed by atoms with Crippen LogP contribution in [0.25, 0.3) is 16.7 Å². The van der Waals surface area contributed by atoms with Crippen molar-refractivity contribution < 1.29 is 19.0 Å². The molecule has 2 aliphatic rings. The first-order valence-electron chi connectivity index (χ1n) is 13.6. The number of carboxylic acid groups (broad SMARTS) is 1. The molecule has 1 N–H and O–H groups in total. The summed E-state index contributed by atoms with van der Waals surface area (Å²) in [5.74, 6) is -0.282. The lowest BCUT2D eigenvalue weighted by atomic mass is 9.75. The zero-order chi connectivity index (χ0) is 27.2. The van der Waals surface area contributed by atoms with Gasteiger partial charge in [-0.25, -0.2) is 4.39 Å². The smallest absolute Gasteiger partial charge is 0.309 e. The third-order valence-electron chi connectivity index (χ3n) is 8.66. The fourth-order valence-corrected chi connectivity index (χ4v) is 6.18. The number of halogens is 1. The minimum Gasteiger partial charge on any atom is -0.489 e. The van der Waals surface area contributed by atoms with Crippen molar-refractivity contribution in [2.24, 2.45) is 10.8 Å². The molecule has 2 aliphatic carbocycles. The van der Waals surface area contributed by atoms with Gasteiger partial charge < -0.3 is 9.84 Å². The van der Waals surface area contributed by atoms with Gasteiger partial charge in [-0.15, -0.1) is 0 Å². The Balaban J connectivity index is 1.46. The Labute approximate surface area is 225 Å². The largest absolute Gasteiger partial charge is 0.489 e. The summed E-state index contributed by atoms with van der Waals surface area (Å²) in [6.07, 6.45) is 6.11. The molecule has 198 valence electrons. The third-order valence-corrected chi connectivity index (χ3v) is 8.66. The molecule has 0 saturated carbocycles. The average Bonchev–Trinajstić information content (AvgIpc) is 3.46. The van der Waals surface area contributed by atoms with E-state index in [0.717, 1.165) is 59.3 Å². The predicted molar refractivity (Wildman–Crippen MR) is 151 cm³/mol. The minimum absolute atomic E-state index is 0.0144. The Kier molecular flexibility index (Phi) is 6.71. The van der Waals surface area contributed by atoms with Gasteiger partial charge in [-0.1, -0.05) is 49.8 Å². The first-order chi connectivity index (χ1) is 18.0. The van der Waals surface area contributed by atoms with E-state index >= 15 is 0 Å². The normalized spacial score (nSPS) is 18.3. The number of hydrogen-bond acceptors (Lipinski definition) is 2. The molecule has 3 aromatic carbocycles. The van der Waals surface area contributed by atoms with Gasteiger partial charge in [0.05, 0.1) is 5.41 Å². The molecule has 1 atom stereocenters. The standard InChI is InChI=1S/C34H37FO3/c1-21-8-15-31(35)28(17-21)25-13-9-22(18-27(25)29-7-6-16-33(29,2)3)20-38-24-12-10-23-11-14-30(26(23)19-24)34(4,5)32(36)37/h7-10,12-13,15,17-19,30H,6,11,14,16,20H2,1-5H3,(H,36,37)/t30-/m0/s1. The first kappa shape index (κ1) is 26.2. The van der Waals surface area contributed by atoms with Crippen molar-refractivity contribution in [3.05, 3.63) is 94.3 Å². The maximum Gasteiger partial charge on any atom is 0.309 e. The van der Waals surface area contributed by atoms with Gasteiger partial charge in [-0.2, -0.15) is 0 Å². The highest BCUT2D eigenvalue weighted by Gasteiger charge is 2.41. The highest BCUT2D eigenvalue weighted by atomic mass is 19.1. The van der Waals surface area contributed by atoms with E-state index in [1.54, 1.807) is 12.1 Å². The van der Waals surface area contributed by atoms with Crippen LogP contribution < -0.4 is 4.74 Å². The topological polar surface area (TPSA) is 46.5 Å². The van der Waals surface area contributed by atoms with Crippen molar-refractivity contribution in [3.63, 3.8) is 0 Å². The van der Waals surface area contributed by atoms with E-state index in [1.807, 2.05) is 51.1 Å². The van der Waals surface area contributed by atoms with Crippen molar-refractivity contribution in [1.82, 2.24) is 0 Å². The molecule has 0 spiro atoms. The van der Waals surface area contributed by atoms with E-state index in [0.29, 0.717) is 12.2 Å². The van der Waals surface area contributed by atoms with Gasteiger partial charge in [0.25, 0.3) is 0 Å². The fourth-order valence-electron chi connectivity index (χ4n) is 6.18. The van der Waals surface area contributed by atoms with Crippen LogP contribution in [0.15, 0.2) is 60.7 Å². The number of aryl methyl sites for hydroxylation is 2. The summed E-state index contributed by atoms with van der Waals surface area (Å²) in [6, 6.07) is 17.6. The van der Waals surface area contributed by atoms with Crippen molar-refractivity contribution >= 4 is 11.5 Å². The third kappa shape index (κ3) is 4.77. The van der Waals surface area contributed by atoms with Gasteiger partial charge in [0.1, 0.15) is 18.2 Å². The second-order valence-corrected chi connectivity index (χ2v) is 12.2. The van der Waals surface area contributed by atoms with Gasteiger partial charge >= 0.3 is 5.97 Å². The van der Waals surface area contributed by atoms with Gasteiger partial charge in [0.15, 0.2) is 0 Å². The molecule has 0 saturated heterocycles. The molecule has 0 radical (unpaired) electrons. The van der Waals surface area contributed by atoms with Crippen LogP contribution in [0.4, 0.5) is 4.39 Å². The molecule has 3 nitrogen and oxygen atoms in total. The van der Waals surface area contributed by atoms with Gasteiger partial charge in [0.2, 0.25) is 0 Å². The molecule has 0 heterocycles. The number of rotatable bonds is 7. The van der Waals surface area contributed by atoms with Gasteiger partial charge in [-0.3, -0.25) is 4.79 Å². The molecule has 0 fully saturated rings. The SMILES string of the molecule is Cc1ccc(F)c(-c2ccc(COc3ccc4c(c3)[C@@H](C(C)(C)C(=O)O)CC4)cc2C2=CCCC2(C)C)c1. The Morgan fingerprint density at radius 1 is 1.05 bits per heavy atom. The summed E-state index contributed by atoms with van der Waals surface area (Å²) < 4.78 is 21.2. The molecule has 38 heavy (non-hydrogen) atoms. The number of allylic oxidation sites excluding steroid dienone is 2. The molecular formula is C34H37FO3. The van der Waals surface area contributed by atoms with E-state index in [2.05, 4.69) is 32.1 Å². The van der Waals surface area contributed by atoms with Crippen molar-refractivity contribution in [2.45, 2.75) is 72.8 Å². The number of carbonyl (C=O) groups is 1. The van der Waals surface area contributed by atoms with Crippen molar-refractivity contribution in [2.75, 3.05) is 0 Å². The zero-order valence-electron chi connectivity index (χ0n) is 23.0. The van der Waals surface area contributed by atoms with Crippen LogP contribution >= 0.6 is 0 Å². The Hall–Kier alpha value is -3.40. The lowest BCUT2D eigenvalue weighted by Gasteiger charge is -2.28. The fraction of sp³-hybridized carbons (Fsp3) is 0.382. The number of carboxylic acids is 1. The second-order valence-electron chi connectivity index (χ2n) is 12.2. The summed E-state index contributed by atoms with van der Waals surface area (Å²) in [4.78, 5) is 11.9. The number of fused-ring (bicyclic) bond motifs is 1. The van der Waals surface area contributed by atoms with E-state index in [4.69, 9.17) is 4.74 Å². The lowest BCUT2D eigenvalue weighted by molar-refractivity contribution is -0.148. The molecule has 0 bridgehead atoms. The number of benzene rings is 3. The highest BCUT2D eigenvalue weighted by molar-refractivity contribution is 5.85. The highest BCUT2D eigenvalue weighted by Crippen LogP contribution is 2.48.